The molecule has 3 aromatic carbocycles. The predicted molar refractivity (Wildman–Crippen MR) is 153 cm³/mol. The molecule has 0 atom stereocenters. The quantitative estimate of drug-likeness (QED) is 0.218. The van der Waals surface area contributed by atoms with Crippen molar-refractivity contribution in [2.75, 3.05) is 24.7 Å². The third kappa shape index (κ3) is 9.52. The van der Waals surface area contributed by atoms with Gasteiger partial charge in [-0.15, -0.1) is 0 Å². The first-order valence-corrected chi connectivity index (χ1v) is 12.9. The number of hydrogen-bond acceptors (Lipinski definition) is 4. The number of urea groups is 1. The average Bonchev–Trinajstić information content (AvgIpc) is 2.95. The minimum absolute atomic E-state index is 0.104. The third-order valence-corrected chi connectivity index (χ3v) is 5.81. The van der Waals surface area contributed by atoms with Crippen LogP contribution in [0.3, 0.4) is 0 Å². The first-order valence-electron chi connectivity index (χ1n) is 12.9. The molecule has 4 aromatic rings. The van der Waals surface area contributed by atoms with Crippen molar-refractivity contribution in [3.05, 3.63) is 113 Å². The maximum atomic E-state index is 13.7. The molecule has 0 aliphatic heterocycles. The topological polar surface area (TPSA) is 83.6 Å². The molecule has 0 unspecified atom stereocenters. The Hall–Kier alpha value is -5.00. The highest BCUT2D eigenvalue weighted by Gasteiger charge is 2.30. The van der Waals surface area contributed by atoms with E-state index in [2.05, 4.69) is 29.5 Å². The summed E-state index contributed by atoms with van der Waals surface area (Å²) in [5.74, 6) is -2.58. The van der Waals surface area contributed by atoms with Gasteiger partial charge in [0.05, 0.1) is 11.3 Å². The molecule has 226 valence electrons. The van der Waals surface area contributed by atoms with Gasteiger partial charge in [-0.2, -0.15) is 13.2 Å². The minimum atomic E-state index is -4.57. The number of nitrogens with zero attached hydrogens (tertiary/aromatic N) is 2. The van der Waals surface area contributed by atoms with E-state index in [0.717, 1.165) is 36.0 Å². The second-order valence-electron chi connectivity index (χ2n) is 9.66. The number of carbonyl (C=O) groups excluding carboxylic acids is 2. The number of ether oxygens (including phenoxy) is 1. The molecule has 0 bridgehead atoms. The van der Waals surface area contributed by atoms with Gasteiger partial charge in [-0.1, -0.05) is 32.0 Å². The van der Waals surface area contributed by atoms with E-state index in [1.165, 1.54) is 34.9 Å². The van der Waals surface area contributed by atoms with Crippen LogP contribution in [-0.4, -0.2) is 35.9 Å². The number of carbonyl (C=O) groups is 2. The van der Waals surface area contributed by atoms with Gasteiger partial charge in [0, 0.05) is 32.0 Å². The Labute approximate surface area is 245 Å². The molecule has 0 saturated heterocycles. The van der Waals surface area contributed by atoms with Gasteiger partial charge in [-0.25, -0.2) is 18.6 Å². The van der Waals surface area contributed by atoms with E-state index in [4.69, 9.17) is 4.74 Å². The van der Waals surface area contributed by atoms with Crippen molar-refractivity contribution < 1.29 is 36.3 Å². The van der Waals surface area contributed by atoms with Crippen LogP contribution in [0.1, 0.15) is 41.3 Å². The van der Waals surface area contributed by atoms with Gasteiger partial charge >= 0.3 is 12.2 Å². The van der Waals surface area contributed by atoms with Gasteiger partial charge in [0.25, 0.3) is 5.91 Å². The highest BCUT2D eigenvalue weighted by Crippen LogP contribution is 2.33. The van der Waals surface area contributed by atoms with E-state index in [0.29, 0.717) is 12.0 Å². The Kier molecular flexibility index (Phi) is 10.8. The second kappa shape index (κ2) is 14.3. The normalized spacial score (nSPS) is 10.8. The minimum Gasteiger partial charge on any atom is -0.438 e. The molecule has 0 aliphatic rings. The van der Waals surface area contributed by atoms with Gasteiger partial charge in [0.2, 0.25) is 5.88 Å². The van der Waals surface area contributed by atoms with Crippen LogP contribution in [0.15, 0.2) is 85.1 Å². The molecule has 2 N–H and O–H groups in total. The Morgan fingerprint density at radius 3 is 2.19 bits per heavy atom. The number of pyridine rings is 1. The SMILES string of the molecule is CC(C)c1ccc(NC(=O)N(C)C)cc1.O=C(Nc1ccc(F)cc1F)c1cccnc1Oc1cccc(C(F)(F)F)c1. The smallest absolute Gasteiger partial charge is 0.416 e. The lowest BCUT2D eigenvalue weighted by Crippen LogP contribution is -2.27. The fourth-order valence-electron chi connectivity index (χ4n) is 3.46. The fraction of sp³-hybridized carbons (Fsp3) is 0.194. The van der Waals surface area contributed by atoms with E-state index >= 15 is 0 Å². The van der Waals surface area contributed by atoms with Crippen molar-refractivity contribution in [2.45, 2.75) is 25.9 Å². The molecular weight excluding hydrogens is 571 g/mol. The summed E-state index contributed by atoms with van der Waals surface area (Å²) in [5, 5.41) is 5.03. The molecule has 0 fully saturated rings. The Bertz CT molecular complexity index is 1560. The van der Waals surface area contributed by atoms with Crippen LogP contribution in [0.5, 0.6) is 11.6 Å². The number of alkyl halides is 3. The summed E-state index contributed by atoms with van der Waals surface area (Å²) in [6.45, 7) is 4.29. The first-order chi connectivity index (χ1) is 20.2. The molecule has 4 rings (SSSR count). The van der Waals surface area contributed by atoms with Gasteiger partial charge < -0.3 is 20.3 Å². The fourth-order valence-corrected chi connectivity index (χ4v) is 3.46. The highest BCUT2D eigenvalue weighted by atomic mass is 19.4. The van der Waals surface area contributed by atoms with E-state index in [-0.39, 0.29) is 28.9 Å². The molecule has 0 radical (unpaired) electrons. The Balaban J connectivity index is 0.000000285. The molecule has 1 heterocycles. The number of anilines is 2. The molecule has 1 aromatic heterocycles. The second-order valence-corrected chi connectivity index (χ2v) is 9.66. The van der Waals surface area contributed by atoms with Crippen LogP contribution in [-0.2, 0) is 6.18 Å². The van der Waals surface area contributed by atoms with E-state index in [9.17, 15) is 31.5 Å². The summed E-state index contributed by atoms with van der Waals surface area (Å²) < 4.78 is 70.5. The Morgan fingerprint density at radius 2 is 1.58 bits per heavy atom. The van der Waals surface area contributed by atoms with Crippen molar-refractivity contribution in [2.24, 2.45) is 0 Å². The van der Waals surface area contributed by atoms with Crippen LogP contribution in [0.2, 0.25) is 0 Å². The summed E-state index contributed by atoms with van der Waals surface area (Å²) in [6, 6.07) is 17.2. The number of amides is 3. The third-order valence-electron chi connectivity index (χ3n) is 5.81. The molecule has 0 saturated carbocycles. The van der Waals surface area contributed by atoms with Crippen LogP contribution in [0.25, 0.3) is 0 Å². The maximum absolute atomic E-state index is 13.7. The maximum Gasteiger partial charge on any atom is 0.416 e. The van der Waals surface area contributed by atoms with E-state index in [1.807, 2.05) is 24.3 Å². The highest BCUT2D eigenvalue weighted by molar-refractivity contribution is 6.05. The van der Waals surface area contributed by atoms with E-state index in [1.54, 1.807) is 14.1 Å². The molecule has 43 heavy (non-hydrogen) atoms. The number of nitrogens with one attached hydrogen (secondary N) is 2. The zero-order valence-electron chi connectivity index (χ0n) is 23.7. The van der Waals surface area contributed by atoms with Crippen LogP contribution < -0.4 is 15.4 Å². The zero-order chi connectivity index (χ0) is 31.7. The molecular formula is C31H29F5N4O3. The lowest BCUT2D eigenvalue weighted by Gasteiger charge is -2.12. The lowest BCUT2D eigenvalue weighted by atomic mass is 10.0. The largest absolute Gasteiger partial charge is 0.438 e. The standard InChI is InChI=1S/C19H11F5N2O2.C12H18N2O/c20-12-6-7-16(15(21)10-12)26-17(27)14-5-2-8-25-18(14)28-13-4-1-3-11(9-13)19(22,23)24;1-9(2)10-5-7-11(8-6-10)13-12(15)14(3)4/h1-10H,(H,26,27);5-9H,1-4H3,(H,13,15). The molecule has 12 heteroatoms. The summed E-state index contributed by atoms with van der Waals surface area (Å²) in [5.41, 5.74) is 0.750. The van der Waals surface area contributed by atoms with Crippen molar-refractivity contribution in [1.29, 1.82) is 0 Å². The average molecular weight is 601 g/mol. The predicted octanol–water partition coefficient (Wildman–Crippen LogP) is 8.33. The summed E-state index contributed by atoms with van der Waals surface area (Å²) in [7, 11) is 3.44. The van der Waals surface area contributed by atoms with Gasteiger partial charge in [0.15, 0.2) is 0 Å². The summed E-state index contributed by atoms with van der Waals surface area (Å²) in [6.07, 6.45) is -3.29. The monoisotopic (exact) mass is 600 g/mol. The van der Waals surface area contributed by atoms with Gasteiger partial charge in [-0.05, 0) is 66.1 Å². The number of aromatic nitrogens is 1. The number of benzene rings is 3. The number of halogens is 5. The Morgan fingerprint density at radius 1 is 0.884 bits per heavy atom. The molecule has 3 amide bonds. The first kappa shape index (κ1) is 32.5. The summed E-state index contributed by atoms with van der Waals surface area (Å²) in [4.78, 5) is 29.1. The van der Waals surface area contributed by atoms with Crippen molar-refractivity contribution in [3.8, 4) is 11.6 Å². The number of hydrogen-bond donors (Lipinski definition) is 2. The van der Waals surface area contributed by atoms with Crippen LogP contribution >= 0.6 is 0 Å². The van der Waals surface area contributed by atoms with Crippen LogP contribution in [0.4, 0.5) is 38.1 Å². The van der Waals surface area contributed by atoms with Crippen LogP contribution in [0, 0.1) is 11.6 Å². The van der Waals surface area contributed by atoms with Crippen molar-refractivity contribution >= 4 is 23.3 Å². The molecule has 7 nitrogen and oxygen atoms in total. The summed E-state index contributed by atoms with van der Waals surface area (Å²) >= 11 is 0. The number of rotatable bonds is 6. The lowest BCUT2D eigenvalue weighted by molar-refractivity contribution is -0.137. The van der Waals surface area contributed by atoms with Gasteiger partial charge in [0.1, 0.15) is 22.9 Å². The van der Waals surface area contributed by atoms with Crippen molar-refractivity contribution in [1.82, 2.24) is 9.88 Å². The van der Waals surface area contributed by atoms with Crippen molar-refractivity contribution in [3.63, 3.8) is 0 Å². The molecule has 0 aliphatic carbocycles. The molecule has 0 spiro atoms. The van der Waals surface area contributed by atoms with Gasteiger partial charge in [-0.3, -0.25) is 4.79 Å². The zero-order valence-corrected chi connectivity index (χ0v) is 23.7. The van der Waals surface area contributed by atoms with E-state index < -0.39 is 29.3 Å².